The lowest BCUT2D eigenvalue weighted by atomic mass is 10.3. The molecule has 0 unspecified atom stereocenters. The Balaban J connectivity index is 0.00000144. The van der Waals surface area contributed by atoms with Gasteiger partial charge in [-0.15, -0.1) is 30.2 Å². The highest BCUT2D eigenvalue weighted by molar-refractivity contribution is 8.93. The number of alkyl halides is 3. The average Bonchev–Trinajstić information content (AvgIpc) is 2.17. The number of aromatic nitrogens is 2. The first-order valence-corrected chi connectivity index (χ1v) is 4.22. The molecule has 0 amide bonds. The number of fused-ring (bicyclic) bond motifs is 1. The molecule has 0 aliphatic heterocycles. The summed E-state index contributed by atoms with van der Waals surface area (Å²) in [5, 5.41) is 0. The molecule has 0 aliphatic rings. The van der Waals surface area contributed by atoms with Crippen molar-refractivity contribution in [3.8, 4) is 0 Å². The van der Waals surface area contributed by atoms with Gasteiger partial charge in [0.05, 0.1) is 11.0 Å². The Morgan fingerprint density at radius 2 is 1.71 bits per heavy atom. The summed E-state index contributed by atoms with van der Waals surface area (Å²) in [6.45, 7) is 0. The van der Waals surface area contributed by atoms with Crippen molar-refractivity contribution >= 4 is 28.0 Å². The van der Waals surface area contributed by atoms with E-state index in [0.717, 1.165) is 6.07 Å². The molecule has 1 N–H and O–H groups in total. The maximum Gasteiger partial charge on any atom is 0.492 e. The number of hydrogen-bond acceptors (Lipinski definition) is 2. The molecule has 0 radical (unpaired) electrons. The van der Waals surface area contributed by atoms with Crippen LogP contribution in [0.25, 0.3) is 11.0 Å². The zero-order chi connectivity index (χ0) is 11.9. The normalized spacial score (nSPS) is 11.2. The van der Waals surface area contributed by atoms with Crippen molar-refractivity contribution < 1.29 is 13.2 Å². The fourth-order valence-corrected chi connectivity index (χ4v) is 1.41. The van der Waals surface area contributed by atoms with Crippen molar-refractivity contribution in [2.24, 2.45) is 0 Å². The van der Waals surface area contributed by atoms with E-state index in [1.165, 1.54) is 18.2 Å². The van der Waals surface area contributed by atoms with Crippen LogP contribution in [0, 0.1) is 0 Å². The lowest BCUT2D eigenvalue weighted by Crippen LogP contribution is -2.41. The van der Waals surface area contributed by atoms with Crippen LogP contribution in [0.4, 0.5) is 13.2 Å². The first-order chi connectivity index (χ1) is 7.41. The molecule has 0 saturated carbocycles. The van der Waals surface area contributed by atoms with Crippen LogP contribution < -0.4 is 11.1 Å². The molecule has 17 heavy (non-hydrogen) atoms. The quantitative estimate of drug-likeness (QED) is 0.754. The van der Waals surface area contributed by atoms with E-state index in [4.69, 9.17) is 0 Å². The second-order valence-electron chi connectivity index (χ2n) is 3.08. The summed E-state index contributed by atoms with van der Waals surface area (Å²) in [5.74, 6) is 0. The summed E-state index contributed by atoms with van der Waals surface area (Å²) in [7, 11) is 0. The topological polar surface area (TPSA) is 54.9 Å². The Kier molecular flexibility index (Phi) is 3.46. The van der Waals surface area contributed by atoms with E-state index in [2.05, 4.69) is 4.98 Å². The van der Waals surface area contributed by atoms with Crippen molar-refractivity contribution in [3.63, 3.8) is 0 Å². The lowest BCUT2D eigenvalue weighted by molar-refractivity contribution is -0.203. The molecule has 4 nitrogen and oxygen atoms in total. The molecule has 0 bridgehead atoms. The summed E-state index contributed by atoms with van der Waals surface area (Å²) >= 11 is 0. The van der Waals surface area contributed by atoms with Gasteiger partial charge in [0.1, 0.15) is 0 Å². The highest BCUT2D eigenvalue weighted by Gasteiger charge is 2.34. The van der Waals surface area contributed by atoms with Crippen LogP contribution in [0.1, 0.15) is 0 Å². The predicted molar refractivity (Wildman–Crippen MR) is 60.4 cm³/mol. The summed E-state index contributed by atoms with van der Waals surface area (Å²) in [6, 6.07) is 5.21. The lowest BCUT2D eigenvalue weighted by Gasteiger charge is -2.11. The monoisotopic (exact) mass is 310 g/mol. The zero-order valence-corrected chi connectivity index (χ0v) is 9.83. The smallest absolute Gasteiger partial charge is 0.316 e. The minimum Gasteiger partial charge on any atom is -0.316 e. The minimum atomic E-state index is -4.91. The first kappa shape index (κ1) is 13.5. The van der Waals surface area contributed by atoms with Gasteiger partial charge < -0.3 is 4.98 Å². The largest absolute Gasteiger partial charge is 0.492 e. The maximum absolute atomic E-state index is 12.6. The number of H-pyrrole nitrogens is 1. The minimum absolute atomic E-state index is 0. The van der Waals surface area contributed by atoms with Crippen LogP contribution in [0.2, 0.25) is 0 Å². The summed E-state index contributed by atoms with van der Waals surface area (Å²) in [6.07, 6.45) is -4.91. The van der Waals surface area contributed by atoms with Crippen molar-refractivity contribution in [2.75, 3.05) is 0 Å². The highest BCUT2D eigenvalue weighted by Crippen LogP contribution is 2.23. The molecule has 1 aromatic carbocycles. The van der Waals surface area contributed by atoms with Crippen LogP contribution in [0.5, 0.6) is 0 Å². The van der Waals surface area contributed by atoms with Gasteiger partial charge in [0, 0.05) is 0 Å². The number of para-hydroxylation sites is 2. The summed E-state index contributed by atoms with van der Waals surface area (Å²) in [5.41, 5.74) is -3.34. The van der Waals surface area contributed by atoms with E-state index >= 15 is 0 Å². The zero-order valence-electron chi connectivity index (χ0n) is 8.12. The van der Waals surface area contributed by atoms with Crippen molar-refractivity contribution in [1.82, 2.24) is 9.55 Å². The molecule has 0 aliphatic carbocycles. The second kappa shape index (κ2) is 4.36. The standard InChI is InChI=1S/C9H5F3N2O2.BrH/c10-9(11,12)14-6-4-2-1-3-5(6)13-7(15)8(14)16;/h1-4H,(H,13,15);1H. The molecule has 0 saturated heterocycles. The van der Waals surface area contributed by atoms with Crippen LogP contribution in [0.15, 0.2) is 33.9 Å². The molecular weight excluding hydrogens is 305 g/mol. The molecule has 92 valence electrons. The van der Waals surface area contributed by atoms with Crippen LogP contribution >= 0.6 is 17.0 Å². The van der Waals surface area contributed by atoms with E-state index in [1.807, 2.05) is 0 Å². The van der Waals surface area contributed by atoms with Crippen LogP contribution in [-0.2, 0) is 6.30 Å². The van der Waals surface area contributed by atoms with Gasteiger partial charge in [-0.2, -0.15) is 0 Å². The number of benzene rings is 1. The molecule has 1 aromatic heterocycles. The number of aromatic amines is 1. The van der Waals surface area contributed by atoms with E-state index in [0.29, 0.717) is 0 Å². The molecule has 0 atom stereocenters. The van der Waals surface area contributed by atoms with Crippen molar-refractivity contribution in [2.45, 2.75) is 6.30 Å². The van der Waals surface area contributed by atoms with Gasteiger partial charge >= 0.3 is 17.4 Å². The third-order valence-electron chi connectivity index (χ3n) is 2.04. The first-order valence-electron chi connectivity index (χ1n) is 4.22. The van der Waals surface area contributed by atoms with Gasteiger partial charge in [-0.1, -0.05) is 12.1 Å². The van der Waals surface area contributed by atoms with Crippen LogP contribution in [-0.4, -0.2) is 9.55 Å². The van der Waals surface area contributed by atoms with Crippen LogP contribution in [0.3, 0.4) is 0 Å². The third kappa shape index (κ3) is 2.26. The van der Waals surface area contributed by atoms with E-state index in [1.54, 1.807) is 0 Å². The maximum atomic E-state index is 12.6. The fourth-order valence-electron chi connectivity index (χ4n) is 1.41. The number of nitrogens with one attached hydrogen (secondary N) is 1. The average molecular weight is 311 g/mol. The number of nitrogens with zero attached hydrogens (tertiary/aromatic N) is 1. The van der Waals surface area contributed by atoms with Gasteiger partial charge in [-0.25, -0.2) is 4.57 Å². The van der Waals surface area contributed by atoms with Gasteiger partial charge in [-0.3, -0.25) is 9.59 Å². The van der Waals surface area contributed by atoms with E-state index in [-0.39, 0.29) is 28.0 Å². The Morgan fingerprint density at radius 1 is 1.12 bits per heavy atom. The van der Waals surface area contributed by atoms with Crippen molar-refractivity contribution in [1.29, 1.82) is 0 Å². The highest BCUT2D eigenvalue weighted by atomic mass is 79.9. The second-order valence-corrected chi connectivity index (χ2v) is 3.08. The summed E-state index contributed by atoms with van der Waals surface area (Å²) < 4.78 is 37.2. The van der Waals surface area contributed by atoms with Crippen molar-refractivity contribution in [3.05, 3.63) is 45.0 Å². The predicted octanol–water partition coefficient (Wildman–Crippen LogP) is 1.74. The number of rotatable bonds is 0. The summed E-state index contributed by atoms with van der Waals surface area (Å²) in [4.78, 5) is 24.2. The molecule has 8 heteroatoms. The van der Waals surface area contributed by atoms with E-state index in [9.17, 15) is 22.8 Å². The molecule has 0 spiro atoms. The van der Waals surface area contributed by atoms with Gasteiger partial charge in [0.15, 0.2) is 0 Å². The molecular formula is C9H6BrF3N2O2. The fraction of sp³-hybridized carbons (Fsp3) is 0.111. The SMILES string of the molecule is Br.O=c1[nH]c2ccccc2n(C(F)(F)F)c1=O. The Bertz CT molecular complexity index is 660. The Labute approximate surface area is 102 Å². The van der Waals surface area contributed by atoms with Gasteiger partial charge in [0.25, 0.3) is 0 Å². The molecule has 0 fully saturated rings. The van der Waals surface area contributed by atoms with Gasteiger partial charge in [0.2, 0.25) is 0 Å². The number of halogens is 4. The molecule has 2 aromatic rings. The molecule has 2 rings (SSSR count). The number of hydrogen-bond donors (Lipinski definition) is 1. The van der Waals surface area contributed by atoms with Gasteiger partial charge in [-0.05, 0) is 12.1 Å². The Morgan fingerprint density at radius 3 is 2.29 bits per heavy atom. The third-order valence-corrected chi connectivity index (χ3v) is 2.04. The Hall–Kier alpha value is -1.57. The molecule has 1 heterocycles. The van der Waals surface area contributed by atoms with E-state index < -0.39 is 22.0 Å².